The van der Waals surface area contributed by atoms with E-state index in [1.54, 1.807) is 0 Å². The summed E-state index contributed by atoms with van der Waals surface area (Å²) >= 11 is 0. The molecular weight excluding hydrogens is 271 g/mol. The van der Waals surface area contributed by atoms with Gasteiger partial charge >= 0.3 is 5.97 Å². The average Bonchev–Trinajstić information content (AvgIpc) is 2.48. The van der Waals surface area contributed by atoms with Crippen LogP contribution in [0.3, 0.4) is 0 Å². The van der Waals surface area contributed by atoms with Crippen LogP contribution < -0.4 is 4.74 Å². The lowest BCUT2D eigenvalue weighted by atomic mass is 10.1. The summed E-state index contributed by atoms with van der Waals surface area (Å²) in [6.07, 6.45) is 2.09. The highest BCUT2D eigenvalue weighted by atomic mass is 19.1. The first-order valence-corrected chi connectivity index (χ1v) is 6.83. The van der Waals surface area contributed by atoms with Crippen molar-refractivity contribution in [1.29, 1.82) is 0 Å². The Hall–Kier alpha value is -2.36. The van der Waals surface area contributed by atoms with Crippen LogP contribution in [-0.4, -0.2) is 11.1 Å². The monoisotopic (exact) mass is 288 g/mol. The van der Waals surface area contributed by atoms with Crippen LogP contribution in [0.5, 0.6) is 5.75 Å². The molecule has 0 aromatic heterocycles. The van der Waals surface area contributed by atoms with Crippen LogP contribution >= 0.6 is 0 Å². The number of aromatic carboxylic acids is 1. The summed E-state index contributed by atoms with van der Waals surface area (Å²) in [4.78, 5) is 10.9. The molecule has 0 aliphatic heterocycles. The van der Waals surface area contributed by atoms with E-state index in [2.05, 4.69) is 6.92 Å². The molecule has 0 atom stereocenters. The molecule has 0 saturated heterocycles. The maximum atomic E-state index is 13.6. The van der Waals surface area contributed by atoms with Gasteiger partial charge in [-0.2, -0.15) is 0 Å². The van der Waals surface area contributed by atoms with Gasteiger partial charge in [-0.05, 0) is 42.3 Å². The van der Waals surface area contributed by atoms with Crippen molar-refractivity contribution in [3.05, 3.63) is 65.0 Å². The van der Waals surface area contributed by atoms with Crippen molar-refractivity contribution < 1.29 is 19.0 Å². The number of benzene rings is 2. The normalized spacial score (nSPS) is 10.4. The van der Waals surface area contributed by atoms with E-state index in [0.717, 1.165) is 18.9 Å². The zero-order valence-electron chi connectivity index (χ0n) is 11.8. The molecule has 21 heavy (non-hydrogen) atoms. The first kappa shape index (κ1) is 15.0. The molecule has 0 radical (unpaired) electrons. The van der Waals surface area contributed by atoms with E-state index in [-0.39, 0.29) is 17.7 Å². The minimum absolute atomic E-state index is 0.0000772. The summed E-state index contributed by atoms with van der Waals surface area (Å²) in [6, 6.07) is 11.3. The van der Waals surface area contributed by atoms with Gasteiger partial charge < -0.3 is 9.84 Å². The molecule has 110 valence electrons. The van der Waals surface area contributed by atoms with Crippen LogP contribution in [0.2, 0.25) is 0 Å². The molecule has 2 aromatic carbocycles. The summed E-state index contributed by atoms with van der Waals surface area (Å²) in [5.74, 6) is -0.919. The summed E-state index contributed by atoms with van der Waals surface area (Å²) < 4.78 is 19.1. The van der Waals surface area contributed by atoms with E-state index >= 15 is 0 Å². The fourth-order valence-electron chi connectivity index (χ4n) is 2.02. The first-order chi connectivity index (χ1) is 10.1. The largest absolute Gasteiger partial charge is 0.489 e. The van der Waals surface area contributed by atoms with Crippen molar-refractivity contribution in [2.24, 2.45) is 0 Å². The Morgan fingerprint density at radius 1 is 1.19 bits per heavy atom. The molecule has 0 aliphatic carbocycles. The number of carboxylic acids is 1. The molecule has 0 saturated carbocycles. The SMILES string of the molecule is CCCc1ccc(OCc2cc(C(=O)O)ccc2F)cc1. The van der Waals surface area contributed by atoms with Crippen LogP contribution in [0, 0.1) is 5.82 Å². The van der Waals surface area contributed by atoms with Crippen LogP contribution in [0.25, 0.3) is 0 Å². The van der Waals surface area contributed by atoms with Gasteiger partial charge in [0.1, 0.15) is 18.2 Å². The molecule has 0 heterocycles. The first-order valence-electron chi connectivity index (χ1n) is 6.83. The average molecular weight is 288 g/mol. The zero-order chi connectivity index (χ0) is 15.2. The number of halogens is 1. The molecule has 0 aliphatic rings. The molecule has 0 spiro atoms. The highest BCUT2D eigenvalue weighted by Crippen LogP contribution is 2.17. The quantitative estimate of drug-likeness (QED) is 0.872. The number of carbonyl (C=O) groups is 1. The second kappa shape index (κ2) is 6.88. The molecule has 2 rings (SSSR count). The Bertz CT molecular complexity index is 620. The lowest BCUT2D eigenvalue weighted by Gasteiger charge is -2.08. The predicted octanol–water partition coefficient (Wildman–Crippen LogP) is 4.06. The summed E-state index contributed by atoms with van der Waals surface area (Å²) in [5.41, 5.74) is 1.50. The molecule has 1 N–H and O–H groups in total. The van der Waals surface area contributed by atoms with E-state index < -0.39 is 11.8 Å². The topological polar surface area (TPSA) is 46.5 Å². The second-order valence-electron chi connectivity index (χ2n) is 4.79. The van der Waals surface area contributed by atoms with Crippen molar-refractivity contribution >= 4 is 5.97 Å². The van der Waals surface area contributed by atoms with Crippen LogP contribution in [0.15, 0.2) is 42.5 Å². The lowest BCUT2D eigenvalue weighted by Crippen LogP contribution is -2.03. The van der Waals surface area contributed by atoms with Crippen molar-refractivity contribution in [3.8, 4) is 5.75 Å². The third-order valence-electron chi connectivity index (χ3n) is 3.15. The van der Waals surface area contributed by atoms with Gasteiger partial charge in [0.05, 0.1) is 5.56 Å². The van der Waals surface area contributed by atoms with Gasteiger partial charge in [-0.15, -0.1) is 0 Å². The van der Waals surface area contributed by atoms with E-state index in [0.29, 0.717) is 5.75 Å². The van der Waals surface area contributed by atoms with Gasteiger partial charge in [0.25, 0.3) is 0 Å². The van der Waals surface area contributed by atoms with Crippen molar-refractivity contribution in [3.63, 3.8) is 0 Å². The third kappa shape index (κ3) is 4.05. The Labute approximate surface area is 123 Å². The van der Waals surface area contributed by atoms with Gasteiger partial charge in [0, 0.05) is 5.56 Å². The Morgan fingerprint density at radius 3 is 2.52 bits per heavy atom. The molecule has 0 bridgehead atoms. The van der Waals surface area contributed by atoms with Gasteiger partial charge in [-0.1, -0.05) is 25.5 Å². The van der Waals surface area contributed by atoms with Gasteiger partial charge in [-0.3, -0.25) is 0 Å². The molecule has 2 aromatic rings. The minimum atomic E-state index is -1.08. The van der Waals surface area contributed by atoms with E-state index in [1.165, 1.54) is 17.7 Å². The summed E-state index contributed by atoms with van der Waals surface area (Å²) in [6.45, 7) is 2.11. The zero-order valence-corrected chi connectivity index (χ0v) is 11.8. The lowest BCUT2D eigenvalue weighted by molar-refractivity contribution is 0.0696. The maximum Gasteiger partial charge on any atom is 0.335 e. The number of hydrogen-bond donors (Lipinski definition) is 1. The van der Waals surface area contributed by atoms with E-state index in [1.807, 2.05) is 24.3 Å². The van der Waals surface area contributed by atoms with Crippen LogP contribution in [-0.2, 0) is 13.0 Å². The molecule has 3 nitrogen and oxygen atoms in total. The second-order valence-corrected chi connectivity index (χ2v) is 4.79. The molecule has 0 fully saturated rings. The number of aryl methyl sites for hydroxylation is 1. The summed E-state index contributed by atoms with van der Waals surface area (Å²) in [7, 11) is 0. The fourth-order valence-corrected chi connectivity index (χ4v) is 2.02. The third-order valence-corrected chi connectivity index (χ3v) is 3.15. The number of hydrogen-bond acceptors (Lipinski definition) is 2. The highest BCUT2D eigenvalue weighted by molar-refractivity contribution is 5.87. The maximum absolute atomic E-state index is 13.6. The highest BCUT2D eigenvalue weighted by Gasteiger charge is 2.09. The van der Waals surface area contributed by atoms with Crippen LogP contribution in [0.1, 0.15) is 34.8 Å². The Kier molecular flexibility index (Phi) is 4.93. The van der Waals surface area contributed by atoms with Gasteiger partial charge in [0.2, 0.25) is 0 Å². The van der Waals surface area contributed by atoms with Crippen molar-refractivity contribution in [2.75, 3.05) is 0 Å². The molecule has 0 amide bonds. The van der Waals surface area contributed by atoms with Gasteiger partial charge in [0.15, 0.2) is 0 Å². The molecule has 0 unspecified atom stereocenters. The molecular formula is C17H17FO3. The Balaban J connectivity index is 2.05. The van der Waals surface area contributed by atoms with Crippen molar-refractivity contribution in [2.45, 2.75) is 26.4 Å². The van der Waals surface area contributed by atoms with Gasteiger partial charge in [-0.25, -0.2) is 9.18 Å². The van der Waals surface area contributed by atoms with E-state index in [4.69, 9.17) is 9.84 Å². The smallest absolute Gasteiger partial charge is 0.335 e. The van der Waals surface area contributed by atoms with E-state index in [9.17, 15) is 9.18 Å². The number of rotatable bonds is 6. The Morgan fingerprint density at radius 2 is 1.90 bits per heavy atom. The minimum Gasteiger partial charge on any atom is -0.489 e. The predicted molar refractivity (Wildman–Crippen MR) is 78.1 cm³/mol. The molecule has 4 heteroatoms. The number of ether oxygens (including phenoxy) is 1. The summed E-state index contributed by atoms with van der Waals surface area (Å²) in [5, 5.41) is 8.90. The van der Waals surface area contributed by atoms with Crippen molar-refractivity contribution in [1.82, 2.24) is 0 Å². The standard InChI is InChI=1S/C17H17FO3/c1-2-3-12-4-7-15(8-5-12)21-11-14-10-13(17(19)20)6-9-16(14)18/h4-10H,2-3,11H2,1H3,(H,19,20). The number of carboxylic acid groups (broad SMARTS) is 1. The van der Waals surface area contributed by atoms with Crippen LogP contribution in [0.4, 0.5) is 4.39 Å². The fraction of sp³-hybridized carbons (Fsp3) is 0.235.